The molecule has 1 aromatic heterocycles. The van der Waals surface area contributed by atoms with Crippen molar-refractivity contribution in [2.45, 2.75) is 6.92 Å². The van der Waals surface area contributed by atoms with E-state index in [1.165, 1.54) is 0 Å². The molecule has 22 heavy (non-hydrogen) atoms. The molecule has 0 aliphatic heterocycles. The zero-order valence-electron chi connectivity index (χ0n) is 12.8. The predicted octanol–water partition coefficient (Wildman–Crippen LogP) is 4.24. The van der Waals surface area contributed by atoms with Crippen LogP contribution >= 0.6 is 0 Å². The smallest absolute Gasteiger partial charge is 0.326 e. The number of nitrogens with zero attached hydrogens (tertiary/aromatic N) is 2. The van der Waals surface area contributed by atoms with E-state index in [9.17, 15) is 4.79 Å². The largest absolute Gasteiger partial charge is 0.348 e. The van der Waals surface area contributed by atoms with Crippen LogP contribution in [0.5, 0.6) is 0 Å². The highest BCUT2D eigenvalue weighted by molar-refractivity contribution is 6.07. The van der Waals surface area contributed by atoms with Crippen molar-refractivity contribution in [3.05, 3.63) is 60.8 Å². The Balaban J connectivity index is 1.89. The van der Waals surface area contributed by atoms with Crippen molar-refractivity contribution < 1.29 is 4.79 Å². The van der Waals surface area contributed by atoms with Crippen LogP contribution in [0.25, 0.3) is 10.9 Å². The third-order valence-corrected chi connectivity index (χ3v) is 3.77. The van der Waals surface area contributed by atoms with Gasteiger partial charge in [0.2, 0.25) is 0 Å². The molecule has 3 aromatic rings. The molecule has 0 bridgehead atoms. The summed E-state index contributed by atoms with van der Waals surface area (Å²) in [6, 6.07) is 17.6. The maximum absolute atomic E-state index is 12.6. The summed E-state index contributed by atoms with van der Waals surface area (Å²) in [6.45, 7) is 2.58. The number of fused-ring (bicyclic) bond motifs is 1. The van der Waals surface area contributed by atoms with Gasteiger partial charge in [-0.2, -0.15) is 0 Å². The van der Waals surface area contributed by atoms with E-state index >= 15 is 0 Å². The third-order valence-electron chi connectivity index (χ3n) is 3.77. The molecule has 0 spiro atoms. The maximum atomic E-state index is 12.6. The monoisotopic (exact) mass is 293 g/mol. The number of anilines is 2. The Labute approximate surface area is 130 Å². The fourth-order valence-corrected chi connectivity index (χ4v) is 2.68. The average molecular weight is 293 g/mol. The minimum atomic E-state index is -0.120. The van der Waals surface area contributed by atoms with Crippen LogP contribution in [-0.2, 0) is 7.05 Å². The molecular weight excluding hydrogens is 274 g/mol. The van der Waals surface area contributed by atoms with Crippen LogP contribution in [-0.4, -0.2) is 17.1 Å². The Morgan fingerprint density at radius 2 is 1.77 bits per heavy atom. The van der Waals surface area contributed by atoms with Gasteiger partial charge in [0.05, 0.1) is 5.69 Å². The fraction of sp³-hybridized carbons (Fsp3) is 0.167. The van der Waals surface area contributed by atoms with Gasteiger partial charge in [0.25, 0.3) is 0 Å². The number of aromatic nitrogens is 1. The molecule has 0 saturated heterocycles. The minimum Gasteiger partial charge on any atom is -0.348 e. The lowest BCUT2D eigenvalue weighted by Crippen LogP contribution is -2.34. The number of carbonyl (C=O) groups is 1. The van der Waals surface area contributed by atoms with Gasteiger partial charge in [-0.25, -0.2) is 4.79 Å². The molecule has 4 heteroatoms. The first kappa shape index (κ1) is 14.2. The SMILES string of the molecule is CCN(C(=O)Nc1cn(C)c2ccccc12)c1ccccc1. The molecule has 1 heterocycles. The molecule has 0 atom stereocenters. The summed E-state index contributed by atoms with van der Waals surface area (Å²) in [7, 11) is 1.98. The van der Waals surface area contributed by atoms with Gasteiger partial charge >= 0.3 is 6.03 Å². The van der Waals surface area contributed by atoms with Crippen molar-refractivity contribution in [1.82, 2.24) is 4.57 Å². The minimum absolute atomic E-state index is 0.120. The molecule has 0 radical (unpaired) electrons. The van der Waals surface area contributed by atoms with Crippen molar-refractivity contribution in [3.8, 4) is 0 Å². The second kappa shape index (κ2) is 5.93. The summed E-state index contributed by atoms with van der Waals surface area (Å²) in [5, 5.41) is 4.07. The number of hydrogen-bond donors (Lipinski definition) is 1. The number of aryl methyl sites for hydroxylation is 1. The highest BCUT2D eigenvalue weighted by Crippen LogP contribution is 2.25. The Morgan fingerprint density at radius 1 is 1.09 bits per heavy atom. The number of hydrogen-bond acceptors (Lipinski definition) is 1. The van der Waals surface area contributed by atoms with E-state index in [0.717, 1.165) is 22.3 Å². The summed E-state index contributed by atoms with van der Waals surface area (Å²) < 4.78 is 2.02. The number of urea groups is 1. The molecule has 0 aliphatic rings. The number of carbonyl (C=O) groups excluding carboxylic acids is 1. The fourth-order valence-electron chi connectivity index (χ4n) is 2.68. The number of benzene rings is 2. The number of nitrogens with one attached hydrogen (secondary N) is 1. The molecular formula is C18H19N3O. The standard InChI is InChI=1S/C18H19N3O/c1-3-21(14-9-5-4-6-10-14)18(22)19-16-13-20(2)17-12-8-7-11-15(16)17/h4-13H,3H2,1-2H3,(H,19,22). The van der Waals surface area contributed by atoms with Crippen LogP contribution < -0.4 is 10.2 Å². The van der Waals surface area contributed by atoms with Gasteiger partial charge in [0, 0.05) is 36.4 Å². The van der Waals surface area contributed by atoms with Crippen LogP contribution in [0.15, 0.2) is 60.8 Å². The molecule has 0 fully saturated rings. The molecule has 0 aliphatic carbocycles. The van der Waals surface area contributed by atoms with Crippen molar-refractivity contribution in [3.63, 3.8) is 0 Å². The van der Waals surface area contributed by atoms with Crippen LogP contribution in [0.4, 0.5) is 16.2 Å². The molecule has 0 saturated carbocycles. The Morgan fingerprint density at radius 3 is 2.50 bits per heavy atom. The van der Waals surface area contributed by atoms with E-state index in [4.69, 9.17) is 0 Å². The summed E-state index contributed by atoms with van der Waals surface area (Å²) >= 11 is 0. The number of amides is 2. The van der Waals surface area contributed by atoms with E-state index in [0.29, 0.717) is 6.54 Å². The predicted molar refractivity (Wildman–Crippen MR) is 91.4 cm³/mol. The Bertz CT molecular complexity index is 792. The lowest BCUT2D eigenvalue weighted by atomic mass is 10.2. The summed E-state index contributed by atoms with van der Waals surface area (Å²) in [6.07, 6.45) is 1.95. The zero-order chi connectivity index (χ0) is 15.5. The van der Waals surface area contributed by atoms with Crippen LogP contribution in [0.1, 0.15) is 6.92 Å². The van der Waals surface area contributed by atoms with Crippen molar-refractivity contribution in [2.75, 3.05) is 16.8 Å². The second-order valence-electron chi connectivity index (χ2n) is 5.18. The van der Waals surface area contributed by atoms with Gasteiger partial charge in [0.15, 0.2) is 0 Å². The van der Waals surface area contributed by atoms with E-state index in [-0.39, 0.29) is 6.03 Å². The van der Waals surface area contributed by atoms with E-state index in [2.05, 4.69) is 5.32 Å². The van der Waals surface area contributed by atoms with Crippen molar-refractivity contribution in [1.29, 1.82) is 0 Å². The summed E-state index contributed by atoms with van der Waals surface area (Å²) in [5.74, 6) is 0. The highest BCUT2D eigenvalue weighted by atomic mass is 16.2. The topological polar surface area (TPSA) is 37.3 Å². The number of rotatable bonds is 3. The van der Waals surface area contributed by atoms with Gasteiger partial charge in [-0.05, 0) is 25.1 Å². The highest BCUT2D eigenvalue weighted by Gasteiger charge is 2.15. The zero-order valence-corrected chi connectivity index (χ0v) is 12.8. The lowest BCUT2D eigenvalue weighted by Gasteiger charge is -2.21. The Hall–Kier alpha value is -2.75. The average Bonchev–Trinajstić information content (AvgIpc) is 2.86. The van der Waals surface area contributed by atoms with Crippen LogP contribution in [0, 0.1) is 0 Å². The van der Waals surface area contributed by atoms with E-state index in [1.807, 2.05) is 79.3 Å². The van der Waals surface area contributed by atoms with Crippen molar-refractivity contribution in [2.24, 2.45) is 7.05 Å². The van der Waals surface area contributed by atoms with E-state index in [1.54, 1.807) is 4.90 Å². The maximum Gasteiger partial charge on any atom is 0.326 e. The molecule has 2 amide bonds. The van der Waals surface area contributed by atoms with Crippen molar-refractivity contribution >= 4 is 28.3 Å². The van der Waals surface area contributed by atoms with Gasteiger partial charge in [0.1, 0.15) is 0 Å². The van der Waals surface area contributed by atoms with Crippen LogP contribution in [0.2, 0.25) is 0 Å². The lowest BCUT2D eigenvalue weighted by molar-refractivity contribution is 0.257. The molecule has 0 unspecified atom stereocenters. The normalized spacial score (nSPS) is 10.6. The van der Waals surface area contributed by atoms with Gasteiger partial charge < -0.3 is 9.88 Å². The van der Waals surface area contributed by atoms with Gasteiger partial charge in [-0.3, -0.25) is 4.90 Å². The molecule has 4 nitrogen and oxygen atoms in total. The third kappa shape index (κ3) is 2.55. The first-order chi connectivity index (χ1) is 10.7. The molecule has 112 valence electrons. The Kier molecular flexibility index (Phi) is 3.83. The quantitative estimate of drug-likeness (QED) is 0.770. The van der Waals surface area contributed by atoms with Gasteiger partial charge in [-0.1, -0.05) is 36.4 Å². The summed E-state index contributed by atoms with van der Waals surface area (Å²) in [4.78, 5) is 14.3. The molecule has 3 rings (SSSR count). The number of para-hydroxylation sites is 2. The molecule has 1 N–H and O–H groups in total. The first-order valence-electron chi connectivity index (χ1n) is 7.38. The molecule has 2 aromatic carbocycles. The van der Waals surface area contributed by atoms with Gasteiger partial charge in [-0.15, -0.1) is 0 Å². The second-order valence-corrected chi connectivity index (χ2v) is 5.18. The first-order valence-corrected chi connectivity index (χ1v) is 7.38. The van der Waals surface area contributed by atoms with E-state index < -0.39 is 0 Å². The summed E-state index contributed by atoms with van der Waals surface area (Å²) in [5.41, 5.74) is 2.82. The van der Waals surface area contributed by atoms with Crippen LogP contribution in [0.3, 0.4) is 0 Å².